The Labute approximate surface area is 120 Å². The quantitative estimate of drug-likeness (QED) is 0.911. The van der Waals surface area contributed by atoms with Gasteiger partial charge in [-0.15, -0.1) is 0 Å². The van der Waals surface area contributed by atoms with Gasteiger partial charge in [0.25, 0.3) is 0 Å². The van der Waals surface area contributed by atoms with E-state index in [4.69, 9.17) is 0 Å². The molecule has 1 aromatic rings. The normalized spacial score (nSPS) is 20.9. The zero-order valence-electron chi connectivity index (χ0n) is 12.5. The van der Waals surface area contributed by atoms with E-state index in [1.807, 2.05) is 6.92 Å². The zero-order valence-corrected chi connectivity index (χ0v) is 12.5. The summed E-state index contributed by atoms with van der Waals surface area (Å²) in [4.78, 5) is 2.35. The molecule has 1 aromatic carbocycles. The van der Waals surface area contributed by atoms with Crippen molar-refractivity contribution in [1.82, 2.24) is 10.2 Å². The van der Waals surface area contributed by atoms with Gasteiger partial charge in [0.2, 0.25) is 0 Å². The highest BCUT2D eigenvalue weighted by molar-refractivity contribution is 5.20. The average Bonchev–Trinajstić information content (AvgIpc) is 2.42. The van der Waals surface area contributed by atoms with Gasteiger partial charge in [-0.1, -0.05) is 6.07 Å². The Morgan fingerprint density at radius 3 is 2.40 bits per heavy atom. The molecule has 0 radical (unpaired) electrons. The van der Waals surface area contributed by atoms with Gasteiger partial charge in [-0.2, -0.15) is 0 Å². The SMILES string of the molecule is CC(NC(C)C1CCN(C)CC1)c1ccc(F)c(F)c1. The lowest BCUT2D eigenvalue weighted by atomic mass is 9.90. The van der Waals surface area contributed by atoms with Crippen LogP contribution < -0.4 is 5.32 Å². The molecule has 1 heterocycles. The van der Waals surface area contributed by atoms with Crippen LogP contribution in [0.1, 0.15) is 38.3 Å². The summed E-state index contributed by atoms with van der Waals surface area (Å²) in [6, 6.07) is 4.54. The summed E-state index contributed by atoms with van der Waals surface area (Å²) in [5.74, 6) is -0.911. The second-order valence-corrected chi connectivity index (χ2v) is 5.99. The van der Waals surface area contributed by atoms with Crippen molar-refractivity contribution in [2.75, 3.05) is 20.1 Å². The topological polar surface area (TPSA) is 15.3 Å². The third-order valence-electron chi connectivity index (χ3n) is 4.43. The van der Waals surface area contributed by atoms with Crippen LogP contribution in [0.5, 0.6) is 0 Å². The first kappa shape index (κ1) is 15.4. The summed E-state index contributed by atoms with van der Waals surface area (Å²) >= 11 is 0. The number of hydrogen-bond acceptors (Lipinski definition) is 2. The molecule has 1 saturated heterocycles. The molecule has 0 amide bonds. The Hall–Kier alpha value is -1.00. The lowest BCUT2D eigenvalue weighted by Gasteiger charge is -2.34. The van der Waals surface area contributed by atoms with E-state index in [0.29, 0.717) is 12.0 Å². The van der Waals surface area contributed by atoms with Crippen molar-refractivity contribution in [2.24, 2.45) is 5.92 Å². The van der Waals surface area contributed by atoms with Gasteiger partial charge in [0, 0.05) is 12.1 Å². The Morgan fingerprint density at radius 1 is 1.15 bits per heavy atom. The molecule has 1 aliphatic rings. The molecule has 0 aliphatic carbocycles. The Kier molecular flexibility index (Phi) is 5.11. The van der Waals surface area contributed by atoms with Gasteiger partial charge in [0.15, 0.2) is 11.6 Å². The van der Waals surface area contributed by atoms with Crippen LogP contribution >= 0.6 is 0 Å². The highest BCUT2D eigenvalue weighted by Crippen LogP contribution is 2.23. The molecule has 112 valence electrons. The zero-order chi connectivity index (χ0) is 14.7. The number of hydrogen-bond donors (Lipinski definition) is 1. The van der Waals surface area contributed by atoms with Crippen LogP contribution in [0.25, 0.3) is 0 Å². The Morgan fingerprint density at radius 2 is 1.80 bits per heavy atom. The summed E-state index contributed by atoms with van der Waals surface area (Å²) in [6.45, 7) is 6.46. The first-order chi connectivity index (χ1) is 9.47. The first-order valence-electron chi connectivity index (χ1n) is 7.37. The van der Waals surface area contributed by atoms with Crippen LogP contribution in [0.2, 0.25) is 0 Å². The van der Waals surface area contributed by atoms with E-state index in [-0.39, 0.29) is 6.04 Å². The molecule has 1 aliphatic heterocycles. The monoisotopic (exact) mass is 282 g/mol. The molecule has 2 atom stereocenters. The van der Waals surface area contributed by atoms with Crippen LogP contribution in [0, 0.1) is 17.6 Å². The summed E-state index contributed by atoms with van der Waals surface area (Å²) in [5.41, 5.74) is 0.795. The van der Waals surface area contributed by atoms with Crippen molar-refractivity contribution in [3.8, 4) is 0 Å². The van der Waals surface area contributed by atoms with Crippen molar-refractivity contribution in [1.29, 1.82) is 0 Å². The van der Waals surface area contributed by atoms with E-state index in [2.05, 4.69) is 24.2 Å². The molecule has 0 bridgehead atoms. The molecule has 0 aromatic heterocycles. The largest absolute Gasteiger partial charge is 0.307 e. The maximum atomic E-state index is 13.3. The van der Waals surface area contributed by atoms with Gasteiger partial charge in [0.1, 0.15) is 0 Å². The van der Waals surface area contributed by atoms with Gasteiger partial charge >= 0.3 is 0 Å². The molecule has 2 rings (SSSR count). The minimum Gasteiger partial charge on any atom is -0.307 e. The number of piperidine rings is 1. The fourth-order valence-corrected chi connectivity index (χ4v) is 2.94. The molecule has 2 nitrogen and oxygen atoms in total. The number of likely N-dealkylation sites (tertiary alicyclic amines) is 1. The maximum Gasteiger partial charge on any atom is 0.159 e. The number of halogens is 2. The summed E-state index contributed by atoms with van der Waals surface area (Å²) in [7, 11) is 2.15. The molecule has 1 N–H and O–H groups in total. The number of rotatable bonds is 4. The van der Waals surface area contributed by atoms with E-state index in [0.717, 1.165) is 18.7 Å². The molecule has 0 saturated carbocycles. The van der Waals surface area contributed by atoms with Crippen LogP contribution in [0.15, 0.2) is 18.2 Å². The standard InChI is InChI=1S/C16H24F2N2/c1-11(13-6-8-20(3)9-7-13)19-12(2)14-4-5-15(17)16(18)10-14/h4-5,10-13,19H,6-9H2,1-3H3. The molecule has 2 unspecified atom stereocenters. The summed E-state index contributed by atoms with van der Waals surface area (Å²) in [6.07, 6.45) is 2.38. The second-order valence-electron chi connectivity index (χ2n) is 5.99. The van der Waals surface area contributed by atoms with Crippen LogP contribution in [0.4, 0.5) is 8.78 Å². The molecular formula is C16H24F2N2. The highest BCUT2D eigenvalue weighted by atomic mass is 19.2. The number of nitrogens with one attached hydrogen (secondary N) is 1. The maximum absolute atomic E-state index is 13.3. The van der Waals surface area contributed by atoms with Crippen LogP contribution in [-0.4, -0.2) is 31.1 Å². The average molecular weight is 282 g/mol. The smallest absolute Gasteiger partial charge is 0.159 e. The van der Waals surface area contributed by atoms with Gasteiger partial charge < -0.3 is 10.2 Å². The Balaban J connectivity index is 1.93. The van der Waals surface area contributed by atoms with Gasteiger partial charge in [0.05, 0.1) is 0 Å². The molecule has 0 spiro atoms. The fourth-order valence-electron chi connectivity index (χ4n) is 2.94. The fraction of sp³-hybridized carbons (Fsp3) is 0.625. The molecule has 20 heavy (non-hydrogen) atoms. The van der Waals surface area contributed by atoms with Crippen molar-refractivity contribution in [3.05, 3.63) is 35.4 Å². The summed E-state index contributed by atoms with van der Waals surface area (Å²) < 4.78 is 26.2. The van der Waals surface area contributed by atoms with Gasteiger partial charge in [-0.25, -0.2) is 8.78 Å². The lowest BCUT2D eigenvalue weighted by Crippen LogP contribution is -2.41. The molecule has 1 fully saturated rings. The van der Waals surface area contributed by atoms with Gasteiger partial charge in [-0.05, 0) is 70.4 Å². The van der Waals surface area contributed by atoms with Crippen molar-refractivity contribution < 1.29 is 8.78 Å². The third-order valence-corrected chi connectivity index (χ3v) is 4.43. The van der Waals surface area contributed by atoms with Crippen molar-refractivity contribution >= 4 is 0 Å². The van der Waals surface area contributed by atoms with E-state index in [9.17, 15) is 8.78 Å². The van der Waals surface area contributed by atoms with E-state index in [1.165, 1.54) is 25.0 Å². The van der Waals surface area contributed by atoms with Crippen LogP contribution in [0.3, 0.4) is 0 Å². The van der Waals surface area contributed by atoms with Crippen molar-refractivity contribution in [2.45, 2.75) is 38.8 Å². The number of benzene rings is 1. The van der Waals surface area contributed by atoms with Crippen LogP contribution in [-0.2, 0) is 0 Å². The van der Waals surface area contributed by atoms with E-state index in [1.54, 1.807) is 6.07 Å². The first-order valence-corrected chi connectivity index (χ1v) is 7.37. The number of nitrogens with zero attached hydrogens (tertiary/aromatic N) is 1. The highest BCUT2D eigenvalue weighted by Gasteiger charge is 2.23. The van der Waals surface area contributed by atoms with E-state index >= 15 is 0 Å². The minimum atomic E-state index is -0.788. The summed E-state index contributed by atoms with van der Waals surface area (Å²) in [5, 5.41) is 3.52. The Bertz CT molecular complexity index is 442. The van der Waals surface area contributed by atoms with Crippen molar-refractivity contribution in [3.63, 3.8) is 0 Å². The van der Waals surface area contributed by atoms with Gasteiger partial charge in [-0.3, -0.25) is 0 Å². The molecular weight excluding hydrogens is 258 g/mol. The second kappa shape index (κ2) is 6.64. The third kappa shape index (κ3) is 3.76. The predicted octanol–water partition coefficient (Wildman–Crippen LogP) is 3.35. The van der Waals surface area contributed by atoms with E-state index < -0.39 is 11.6 Å². The molecule has 4 heteroatoms. The predicted molar refractivity (Wildman–Crippen MR) is 77.6 cm³/mol. The lowest BCUT2D eigenvalue weighted by molar-refractivity contribution is 0.185. The minimum absolute atomic E-state index is 0.0276.